The van der Waals surface area contributed by atoms with Crippen molar-refractivity contribution in [2.45, 2.75) is 32.0 Å². The quantitative estimate of drug-likeness (QED) is 0.705. The lowest BCUT2D eigenvalue weighted by Gasteiger charge is -2.33. The van der Waals surface area contributed by atoms with E-state index in [0.29, 0.717) is 6.04 Å². The van der Waals surface area contributed by atoms with Crippen LogP contribution in [0, 0.1) is 0 Å². The third kappa shape index (κ3) is 2.44. The van der Waals surface area contributed by atoms with Crippen molar-refractivity contribution in [2.75, 3.05) is 7.05 Å². The number of hydrogen-bond donors (Lipinski definition) is 0. The number of rotatable bonds is 3. The molecule has 2 aromatic carbocycles. The maximum Gasteiger partial charge on any atom is 0.0483 e. The zero-order chi connectivity index (χ0) is 14.9. The van der Waals surface area contributed by atoms with E-state index in [1.165, 1.54) is 35.0 Å². The molecule has 0 saturated heterocycles. The van der Waals surface area contributed by atoms with Gasteiger partial charge in [-0.2, -0.15) is 0 Å². The van der Waals surface area contributed by atoms with E-state index in [2.05, 4.69) is 77.2 Å². The number of aryl methyl sites for hydroxylation is 1. The van der Waals surface area contributed by atoms with Crippen molar-refractivity contribution < 1.29 is 0 Å². The fourth-order valence-corrected chi connectivity index (χ4v) is 3.67. The molecule has 0 saturated carbocycles. The van der Waals surface area contributed by atoms with Crippen LogP contribution in [0.15, 0.2) is 60.7 Å². The zero-order valence-corrected chi connectivity index (χ0v) is 13.1. The van der Waals surface area contributed by atoms with Gasteiger partial charge in [0, 0.05) is 30.3 Å². The average molecular weight is 290 g/mol. The maximum atomic E-state index is 2.52. The van der Waals surface area contributed by atoms with Gasteiger partial charge in [-0.3, -0.25) is 4.90 Å². The van der Waals surface area contributed by atoms with Gasteiger partial charge < -0.3 is 4.57 Å². The lowest BCUT2D eigenvalue weighted by molar-refractivity contribution is 0.188. The molecular weight excluding hydrogens is 268 g/mol. The molecule has 0 spiro atoms. The van der Waals surface area contributed by atoms with Gasteiger partial charge in [-0.15, -0.1) is 0 Å². The van der Waals surface area contributed by atoms with Crippen molar-refractivity contribution in [1.82, 2.24) is 9.47 Å². The Balaban J connectivity index is 1.56. The summed E-state index contributed by atoms with van der Waals surface area (Å²) in [6, 6.07) is 22.5. The Morgan fingerprint density at radius 3 is 2.68 bits per heavy atom. The fraction of sp³-hybridized carbons (Fsp3) is 0.300. The zero-order valence-electron chi connectivity index (χ0n) is 13.1. The number of para-hydroxylation sites is 1. The first kappa shape index (κ1) is 13.6. The van der Waals surface area contributed by atoms with E-state index in [4.69, 9.17) is 0 Å². The van der Waals surface area contributed by atoms with Crippen molar-refractivity contribution in [3.63, 3.8) is 0 Å². The van der Waals surface area contributed by atoms with Crippen LogP contribution in [0.5, 0.6) is 0 Å². The average Bonchev–Trinajstić information content (AvgIpc) is 2.93. The summed E-state index contributed by atoms with van der Waals surface area (Å²) in [6.45, 7) is 2.13. The Morgan fingerprint density at radius 2 is 1.82 bits per heavy atom. The van der Waals surface area contributed by atoms with Gasteiger partial charge in [0.05, 0.1) is 0 Å². The van der Waals surface area contributed by atoms with Crippen molar-refractivity contribution in [2.24, 2.45) is 0 Å². The highest BCUT2D eigenvalue weighted by molar-refractivity contribution is 5.81. The number of hydrogen-bond acceptors (Lipinski definition) is 1. The largest absolute Gasteiger partial charge is 0.343 e. The number of aromatic nitrogens is 1. The second-order valence-corrected chi connectivity index (χ2v) is 6.40. The van der Waals surface area contributed by atoms with Crippen LogP contribution in [-0.2, 0) is 19.5 Å². The molecule has 2 heteroatoms. The Labute approximate surface area is 132 Å². The summed E-state index contributed by atoms with van der Waals surface area (Å²) in [5.74, 6) is 0. The molecule has 112 valence electrons. The number of benzene rings is 2. The molecule has 0 bridgehead atoms. The summed E-state index contributed by atoms with van der Waals surface area (Å²) < 4.78 is 2.52. The highest BCUT2D eigenvalue weighted by atomic mass is 15.2. The minimum Gasteiger partial charge on any atom is -0.343 e. The molecule has 0 fully saturated rings. The highest BCUT2D eigenvalue weighted by Crippen LogP contribution is 2.27. The molecule has 1 aliphatic rings. The Hall–Kier alpha value is -2.06. The molecular formula is C20H22N2. The molecule has 0 aliphatic carbocycles. The van der Waals surface area contributed by atoms with Crippen LogP contribution in [0.2, 0.25) is 0 Å². The smallest absolute Gasteiger partial charge is 0.0483 e. The van der Waals surface area contributed by atoms with E-state index in [1.54, 1.807) is 0 Å². The summed E-state index contributed by atoms with van der Waals surface area (Å²) in [4.78, 5) is 2.51. The molecule has 4 rings (SSSR count). The summed E-state index contributed by atoms with van der Waals surface area (Å²) >= 11 is 0. The van der Waals surface area contributed by atoms with E-state index >= 15 is 0 Å². The van der Waals surface area contributed by atoms with Crippen molar-refractivity contribution in [1.29, 1.82) is 0 Å². The normalized spacial score (nSPS) is 17.8. The third-order valence-electron chi connectivity index (χ3n) is 4.92. The Bertz CT molecular complexity index is 773. The third-order valence-corrected chi connectivity index (χ3v) is 4.92. The number of fused-ring (bicyclic) bond motifs is 3. The Kier molecular flexibility index (Phi) is 3.47. The van der Waals surface area contributed by atoms with E-state index in [-0.39, 0.29) is 0 Å². The molecule has 0 radical (unpaired) electrons. The van der Waals surface area contributed by atoms with Gasteiger partial charge in [-0.05, 0) is 43.0 Å². The molecule has 0 amide bonds. The monoisotopic (exact) mass is 290 g/mol. The van der Waals surface area contributed by atoms with Gasteiger partial charge in [0.25, 0.3) is 0 Å². The van der Waals surface area contributed by atoms with Crippen molar-refractivity contribution in [3.8, 4) is 0 Å². The molecule has 1 aromatic heterocycles. The van der Waals surface area contributed by atoms with Crippen LogP contribution < -0.4 is 0 Å². The second kappa shape index (κ2) is 5.62. The first-order valence-corrected chi connectivity index (χ1v) is 8.12. The summed E-state index contributed by atoms with van der Waals surface area (Å²) in [7, 11) is 2.26. The van der Waals surface area contributed by atoms with E-state index in [9.17, 15) is 0 Å². The van der Waals surface area contributed by atoms with Crippen LogP contribution >= 0.6 is 0 Å². The van der Waals surface area contributed by atoms with E-state index in [0.717, 1.165) is 13.1 Å². The topological polar surface area (TPSA) is 8.17 Å². The van der Waals surface area contributed by atoms with Crippen LogP contribution in [-0.4, -0.2) is 22.6 Å². The molecule has 1 atom stereocenters. The SMILES string of the molecule is CN(Cc1ccccc1)[C@H]1CCc2cc3ccccc3n2C1. The van der Waals surface area contributed by atoms with Gasteiger partial charge in [-0.25, -0.2) is 0 Å². The summed E-state index contributed by atoms with van der Waals surface area (Å²) in [5, 5.41) is 1.38. The molecule has 0 unspecified atom stereocenters. The maximum absolute atomic E-state index is 2.52. The van der Waals surface area contributed by atoms with Gasteiger partial charge in [-0.1, -0.05) is 48.5 Å². The molecule has 3 aromatic rings. The van der Waals surface area contributed by atoms with Gasteiger partial charge >= 0.3 is 0 Å². The van der Waals surface area contributed by atoms with E-state index < -0.39 is 0 Å². The standard InChI is InChI=1S/C20H22N2/c1-21(14-16-7-3-2-4-8-16)19-12-11-18-13-17-9-5-6-10-20(17)22(18)15-19/h2-10,13,19H,11-12,14-15H2,1H3/t19-/m0/s1. The predicted octanol–water partition coefficient (Wildman–Crippen LogP) is 4.09. The van der Waals surface area contributed by atoms with Crippen LogP contribution in [0.25, 0.3) is 10.9 Å². The molecule has 22 heavy (non-hydrogen) atoms. The number of likely N-dealkylation sites (N-methyl/N-ethyl adjacent to an activating group) is 1. The Morgan fingerprint density at radius 1 is 1.05 bits per heavy atom. The van der Waals surface area contributed by atoms with Crippen LogP contribution in [0.1, 0.15) is 17.7 Å². The first-order valence-electron chi connectivity index (χ1n) is 8.12. The highest BCUT2D eigenvalue weighted by Gasteiger charge is 2.23. The number of nitrogens with zero attached hydrogens (tertiary/aromatic N) is 2. The van der Waals surface area contributed by atoms with Gasteiger partial charge in [0.2, 0.25) is 0 Å². The van der Waals surface area contributed by atoms with Gasteiger partial charge in [0.1, 0.15) is 0 Å². The lowest BCUT2D eigenvalue weighted by atomic mass is 10.0. The minimum atomic E-state index is 0.614. The van der Waals surface area contributed by atoms with E-state index in [1.807, 2.05) is 0 Å². The molecule has 2 heterocycles. The molecule has 1 aliphatic heterocycles. The van der Waals surface area contributed by atoms with Crippen molar-refractivity contribution in [3.05, 3.63) is 71.9 Å². The van der Waals surface area contributed by atoms with Crippen molar-refractivity contribution >= 4 is 10.9 Å². The van der Waals surface area contributed by atoms with Gasteiger partial charge in [0.15, 0.2) is 0 Å². The van der Waals surface area contributed by atoms with Crippen LogP contribution in [0.3, 0.4) is 0 Å². The summed E-state index contributed by atoms with van der Waals surface area (Å²) in [5.41, 5.74) is 4.27. The molecule has 0 N–H and O–H groups in total. The lowest BCUT2D eigenvalue weighted by Crippen LogP contribution is -2.38. The molecule has 2 nitrogen and oxygen atoms in total. The first-order chi connectivity index (χ1) is 10.8. The summed E-state index contributed by atoms with van der Waals surface area (Å²) in [6.07, 6.45) is 2.43. The predicted molar refractivity (Wildman–Crippen MR) is 92.0 cm³/mol. The minimum absolute atomic E-state index is 0.614. The second-order valence-electron chi connectivity index (χ2n) is 6.40. The fourth-order valence-electron chi connectivity index (χ4n) is 3.67. The van der Waals surface area contributed by atoms with Crippen LogP contribution in [0.4, 0.5) is 0 Å².